The first-order chi connectivity index (χ1) is 20.2. The molecule has 4 fully saturated rings. The Morgan fingerprint density at radius 3 is 2.48 bits per heavy atom. The monoisotopic (exact) mass is 602 g/mol. The molecule has 5 aliphatic rings. The maximum Gasteiger partial charge on any atom is 0.323 e. The third-order valence-electron chi connectivity index (χ3n) is 9.66. The van der Waals surface area contributed by atoms with Crippen molar-refractivity contribution in [3.63, 3.8) is 0 Å². The van der Waals surface area contributed by atoms with Crippen molar-refractivity contribution >= 4 is 28.2 Å². The minimum atomic E-state index is -2.87. The minimum absolute atomic E-state index is 0.0223. The van der Waals surface area contributed by atoms with E-state index in [1.54, 1.807) is 4.90 Å². The van der Waals surface area contributed by atoms with Gasteiger partial charge in [0.2, 0.25) is 11.9 Å². The molecule has 226 valence electrons. The number of morpholine rings is 1. The highest BCUT2D eigenvalue weighted by atomic mass is 32.1. The van der Waals surface area contributed by atoms with Crippen LogP contribution in [-0.4, -0.2) is 103 Å². The lowest BCUT2D eigenvalue weighted by Gasteiger charge is -2.48. The lowest BCUT2D eigenvalue weighted by Crippen LogP contribution is -2.59. The number of aryl methyl sites for hydroxylation is 1. The number of fused-ring (bicyclic) bond motifs is 2. The molecule has 5 heterocycles. The smallest absolute Gasteiger partial charge is 0.323 e. The van der Waals surface area contributed by atoms with E-state index >= 15 is 0 Å². The van der Waals surface area contributed by atoms with Gasteiger partial charge in [-0.15, -0.1) is 11.3 Å². The minimum Gasteiger partial charge on any atom is -0.463 e. The average Bonchev–Trinajstić information content (AvgIpc) is 3.51. The topological polar surface area (TPSA) is 137 Å². The summed E-state index contributed by atoms with van der Waals surface area (Å²) in [5, 5.41) is 20.9. The quantitative estimate of drug-likeness (QED) is 0.460. The number of nitrogen functional groups attached to an aromatic ring is 1. The molecule has 2 aromatic rings. The Balaban J connectivity index is 1.13. The molecule has 14 heteroatoms. The Morgan fingerprint density at radius 1 is 1.05 bits per heavy atom. The van der Waals surface area contributed by atoms with Crippen LogP contribution in [-0.2, 0) is 16.6 Å². The molecule has 42 heavy (non-hydrogen) atoms. The number of nitrogens with zero attached hydrogens (tertiary/aromatic N) is 7. The number of thiophene rings is 1. The number of aromatic nitrogens is 3. The third-order valence-corrected chi connectivity index (χ3v) is 10.7. The molecular formula is C28H36F2N8O3S. The SMILES string of the molecule is N#Cc1c(N)sc2c1C1(CC2)CN(c2nc(OCC3(CN4CCOCC4)CC3)nc(N3CCCC(O)(C(F)F)C3)n2)C1. The Bertz CT molecular complexity index is 1390. The number of nitriles is 1. The van der Waals surface area contributed by atoms with Crippen molar-refractivity contribution in [3.05, 3.63) is 16.0 Å². The first kappa shape index (κ1) is 27.9. The molecule has 3 saturated heterocycles. The van der Waals surface area contributed by atoms with E-state index in [-0.39, 0.29) is 35.8 Å². The van der Waals surface area contributed by atoms with Gasteiger partial charge in [0.1, 0.15) is 16.7 Å². The highest BCUT2D eigenvalue weighted by Gasteiger charge is 2.52. The largest absolute Gasteiger partial charge is 0.463 e. The van der Waals surface area contributed by atoms with Gasteiger partial charge < -0.3 is 30.1 Å². The second kappa shape index (κ2) is 10.4. The van der Waals surface area contributed by atoms with Gasteiger partial charge in [0.25, 0.3) is 6.43 Å². The number of aliphatic hydroxyl groups is 1. The molecule has 0 bridgehead atoms. The van der Waals surface area contributed by atoms with Gasteiger partial charge in [0.05, 0.1) is 31.9 Å². The average molecular weight is 603 g/mol. The standard InChI is InChI=1S/C28H36F2N8O3S/c29-22(30)28(39)3-1-7-37(16-28)23-33-24(38-14-27(15-38)4-2-19-20(27)18(12-31)21(32)42-19)35-25(34-23)41-17-26(5-6-26)13-36-8-10-40-11-9-36/h22,39H,1-11,13-17,32H2. The van der Waals surface area contributed by atoms with E-state index in [9.17, 15) is 19.1 Å². The van der Waals surface area contributed by atoms with Crippen molar-refractivity contribution in [1.29, 1.82) is 5.26 Å². The molecular weight excluding hydrogens is 566 g/mol. The Kier molecular flexibility index (Phi) is 6.92. The fourth-order valence-corrected chi connectivity index (χ4v) is 8.18. The maximum atomic E-state index is 13.7. The van der Waals surface area contributed by atoms with E-state index in [4.69, 9.17) is 20.2 Å². The van der Waals surface area contributed by atoms with Gasteiger partial charge in [0.15, 0.2) is 0 Å². The Morgan fingerprint density at radius 2 is 1.79 bits per heavy atom. The predicted molar refractivity (Wildman–Crippen MR) is 152 cm³/mol. The van der Waals surface area contributed by atoms with E-state index in [0.717, 1.165) is 64.1 Å². The summed E-state index contributed by atoms with van der Waals surface area (Å²) in [6, 6.07) is 2.47. The van der Waals surface area contributed by atoms with Crippen molar-refractivity contribution in [1.82, 2.24) is 19.9 Å². The van der Waals surface area contributed by atoms with Crippen molar-refractivity contribution < 1.29 is 23.4 Å². The van der Waals surface area contributed by atoms with Gasteiger partial charge in [0, 0.05) is 55.0 Å². The Labute approximate surface area is 247 Å². The normalized spacial score (nSPS) is 26.3. The molecule has 0 radical (unpaired) electrons. The first-order valence-corrected chi connectivity index (χ1v) is 15.5. The number of rotatable bonds is 8. The van der Waals surface area contributed by atoms with Gasteiger partial charge in [-0.2, -0.15) is 20.2 Å². The molecule has 2 aromatic heterocycles. The second-order valence-corrected chi connectivity index (χ2v) is 13.8. The van der Waals surface area contributed by atoms with Crippen molar-refractivity contribution in [2.24, 2.45) is 5.41 Å². The summed E-state index contributed by atoms with van der Waals surface area (Å²) < 4.78 is 39.2. The number of halogens is 2. The Hall–Kier alpha value is -2.86. The van der Waals surface area contributed by atoms with Gasteiger partial charge in [-0.3, -0.25) is 4.90 Å². The van der Waals surface area contributed by atoms with E-state index in [1.165, 1.54) is 16.2 Å². The fourth-order valence-electron chi connectivity index (χ4n) is 7.04. The van der Waals surface area contributed by atoms with E-state index in [1.807, 2.05) is 4.90 Å². The zero-order chi connectivity index (χ0) is 29.1. The zero-order valence-electron chi connectivity index (χ0n) is 23.5. The van der Waals surface area contributed by atoms with Crippen LogP contribution >= 0.6 is 11.3 Å². The number of nitrogens with two attached hydrogens (primary N) is 1. The summed E-state index contributed by atoms with van der Waals surface area (Å²) in [5.74, 6) is 0.650. The molecule has 11 nitrogen and oxygen atoms in total. The maximum absolute atomic E-state index is 13.7. The highest BCUT2D eigenvalue weighted by molar-refractivity contribution is 7.16. The molecule has 3 N–H and O–H groups in total. The number of β-amino-alcohol motifs (C(OH)–C–C–N with tert-alkyl or cyclic N) is 1. The van der Waals surface area contributed by atoms with Crippen LogP contribution in [0.1, 0.15) is 48.1 Å². The van der Waals surface area contributed by atoms with Gasteiger partial charge in [-0.25, -0.2) is 8.78 Å². The number of alkyl halides is 2. The molecule has 0 aromatic carbocycles. The second-order valence-electron chi connectivity index (χ2n) is 12.7. The number of anilines is 3. The number of hydrogen-bond acceptors (Lipinski definition) is 12. The first-order valence-electron chi connectivity index (χ1n) is 14.7. The van der Waals surface area contributed by atoms with Crippen molar-refractivity contribution in [2.45, 2.75) is 56.0 Å². The van der Waals surface area contributed by atoms with Crippen molar-refractivity contribution in [3.8, 4) is 12.1 Å². The molecule has 0 amide bonds. The predicted octanol–water partition coefficient (Wildman–Crippen LogP) is 2.18. The molecule has 7 rings (SSSR count). The summed E-state index contributed by atoms with van der Waals surface area (Å²) >= 11 is 1.50. The molecule has 1 spiro atoms. The van der Waals surface area contributed by atoms with E-state index in [0.29, 0.717) is 49.2 Å². The van der Waals surface area contributed by atoms with E-state index in [2.05, 4.69) is 20.9 Å². The van der Waals surface area contributed by atoms with E-state index < -0.39 is 12.0 Å². The lowest BCUT2D eigenvalue weighted by atomic mass is 9.74. The van der Waals surface area contributed by atoms with Crippen LogP contribution in [0, 0.1) is 16.7 Å². The molecule has 1 atom stereocenters. The number of hydrogen-bond donors (Lipinski definition) is 2. The number of piperidine rings is 1. The third kappa shape index (κ3) is 4.94. The van der Waals surface area contributed by atoms with Crippen LogP contribution in [0.3, 0.4) is 0 Å². The van der Waals surface area contributed by atoms with Gasteiger partial charge in [-0.05, 0) is 44.1 Å². The molecule has 2 aliphatic carbocycles. The summed E-state index contributed by atoms with van der Waals surface area (Å²) in [4.78, 5) is 21.2. The summed E-state index contributed by atoms with van der Waals surface area (Å²) in [6.45, 7) is 6.11. The lowest BCUT2D eigenvalue weighted by molar-refractivity contribution is -0.102. The molecule has 3 aliphatic heterocycles. The summed E-state index contributed by atoms with van der Waals surface area (Å²) in [5.41, 5.74) is 5.54. The zero-order valence-corrected chi connectivity index (χ0v) is 24.3. The summed E-state index contributed by atoms with van der Waals surface area (Å²) in [7, 11) is 0. The van der Waals surface area contributed by atoms with Gasteiger partial charge in [-0.1, -0.05) is 0 Å². The van der Waals surface area contributed by atoms with Crippen LogP contribution in [0.25, 0.3) is 0 Å². The van der Waals surface area contributed by atoms with Crippen molar-refractivity contribution in [2.75, 3.05) is 81.2 Å². The van der Waals surface area contributed by atoms with Gasteiger partial charge >= 0.3 is 6.01 Å². The molecule has 1 saturated carbocycles. The number of ether oxygens (including phenoxy) is 2. The highest BCUT2D eigenvalue weighted by Crippen LogP contribution is 2.52. The van der Waals surface area contributed by atoms with Crippen LogP contribution in [0.15, 0.2) is 0 Å². The van der Waals surface area contributed by atoms with Crippen LogP contribution < -0.4 is 20.3 Å². The van der Waals surface area contributed by atoms with Crippen LogP contribution in [0.2, 0.25) is 0 Å². The fraction of sp³-hybridized carbons (Fsp3) is 0.714. The molecule has 1 unspecified atom stereocenters. The van der Waals surface area contributed by atoms with Crippen LogP contribution in [0.4, 0.5) is 25.7 Å². The van der Waals surface area contributed by atoms with Crippen LogP contribution in [0.5, 0.6) is 6.01 Å². The summed E-state index contributed by atoms with van der Waals surface area (Å²) in [6.07, 6.45) is 1.49.